The van der Waals surface area contributed by atoms with Crippen LogP contribution in [0.1, 0.15) is 60.2 Å². The average Bonchev–Trinajstić information content (AvgIpc) is 3.02. The molecule has 0 saturated carbocycles. The number of amides is 2. The van der Waals surface area contributed by atoms with Gasteiger partial charge in [-0.2, -0.15) is 0 Å². The summed E-state index contributed by atoms with van der Waals surface area (Å²) in [5.41, 5.74) is 2.81. The van der Waals surface area contributed by atoms with Crippen LogP contribution in [0.25, 0.3) is 0 Å². The van der Waals surface area contributed by atoms with Gasteiger partial charge in [0.15, 0.2) is 0 Å². The number of anilines is 2. The molecule has 1 saturated heterocycles. The second-order valence-corrected chi connectivity index (χ2v) is 7.76. The van der Waals surface area contributed by atoms with Gasteiger partial charge in [0.05, 0.1) is 17.9 Å². The van der Waals surface area contributed by atoms with Crippen LogP contribution in [0.4, 0.5) is 11.4 Å². The molecule has 6 heteroatoms. The number of ether oxygens (including phenoxy) is 1. The third-order valence-corrected chi connectivity index (χ3v) is 5.91. The molecule has 158 valence electrons. The molecule has 1 N–H and O–H groups in total. The van der Waals surface area contributed by atoms with Gasteiger partial charge in [-0.05, 0) is 75.6 Å². The van der Waals surface area contributed by atoms with Gasteiger partial charge in [-0.25, -0.2) is 0 Å². The molecule has 1 fully saturated rings. The summed E-state index contributed by atoms with van der Waals surface area (Å²) in [6.45, 7) is 6.25. The lowest BCUT2D eigenvalue weighted by Gasteiger charge is -2.44. The minimum atomic E-state index is -0.186. The predicted molar refractivity (Wildman–Crippen MR) is 118 cm³/mol. The molecule has 2 aromatic carbocycles. The van der Waals surface area contributed by atoms with Crippen molar-refractivity contribution in [1.82, 2.24) is 4.90 Å². The molecule has 0 radical (unpaired) electrons. The zero-order valence-corrected chi connectivity index (χ0v) is 17.7. The van der Waals surface area contributed by atoms with Crippen LogP contribution in [0.3, 0.4) is 0 Å². The van der Waals surface area contributed by atoms with E-state index in [1.165, 1.54) is 0 Å². The van der Waals surface area contributed by atoms with Crippen molar-refractivity contribution in [2.24, 2.45) is 0 Å². The first-order valence-corrected chi connectivity index (χ1v) is 10.9. The molecular formula is C24H29N3O3. The number of hydrogen-bond acceptors (Lipinski definition) is 4. The third kappa shape index (κ3) is 3.86. The summed E-state index contributed by atoms with van der Waals surface area (Å²) in [6.07, 6.45) is 4.39. The number of carbonyl (C=O) groups is 2. The predicted octanol–water partition coefficient (Wildman–Crippen LogP) is 4.52. The number of fused-ring (bicyclic) bond motifs is 2. The average molecular weight is 408 g/mol. The first-order valence-electron chi connectivity index (χ1n) is 10.9. The maximum Gasteiger partial charge on any atom is 0.257 e. The van der Waals surface area contributed by atoms with E-state index in [0.29, 0.717) is 23.4 Å². The second kappa shape index (κ2) is 8.78. The Kier molecular flexibility index (Phi) is 5.93. The van der Waals surface area contributed by atoms with Crippen LogP contribution in [0.5, 0.6) is 5.75 Å². The van der Waals surface area contributed by atoms with Gasteiger partial charge in [-0.1, -0.05) is 6.42 Å². The summed E-state index contributed by atoms with van der Waals surface area (Å²) in [5, 5.41) is 2.94. The van der Waals surface area contributed by atoms with E-state index in [4.69, 9.17) is 4.74 Å². The van der Waals surface area contributed by atoms with Gasteiger partial charge in [0.1, 0.15) is 11.9 Å². The summed E-state index contributed by atoms with van der Waals surface area (Å²) < 4.78 is 5.44. The first kappa shape index (κ1) is 20.3. The maximum absolute atomic E-state index is 13.1. The van der Waals surface area contributed by atoms with E-state index in [1.54, 1.807) is 12.1 Å². The van der Waals surface area contributed by atoms with Crippen LogP contribution in [0.2, 0.25) is 0 Å². The van der Waals surface area contributed by atoms with Crippen LogP contribution < -0.4 is 15.0 Å². The number of hydrogen-bond donors (Lipinski definition) is 1. The molecular weight excluding hydrogens is 378 g/mol. The van der Waals surface area contributed by atoms with Crippen LogP contribution in [-0.2, 0) is 0 Å². The van der Waals surface area contributed by atoms with E-state index in [1.807, 2.05) is 42.2 Å². The van der Waals surface area contributed by atoms with Crippen molar-refractivity contribution in [2.75, 3.05) is 29.9 Å². The van der Waals surface area contributed by atoms with Crippen molar-refractivity contribution in [1.29, 1.82) is 0 Å². The normalized spacial score (nSPS) is 18.3. The van der Waals surface area contributed by atoms with E-state index in [-0.39, 0.29) is 18.0 Å². The number of nitrogens with zero attached hydrogens (tertiary/aromatic N) is 2. The molecule has 2 amide bonds. The zero-order chi connectivity index (χ0) is 21.1. The molecule has 30 heavy (non-hydrogen) atoms. The summed E-state index contributed by atoms with van der Waals surface area (Å²) in [4.78, 5) is 30.3. The summed E-state index contributed by atoms with van der Waals surface area (Å²) >= 11 is 0. The Balaban J connectivity index is 1.59. The summed E-state index contributed by atoms with van der Waals surface area (Å²) in [7, 11) is 0. The molecule has 1 atom stereocenters. The third-order valence-electron chi connectivity index (χ3n) is 5.91. The van der Waals surface area contributed by atoms with Crippen molar-refractivity contribution in [3.63, 3.8) is 0 Å². The molecule has 2 aliphatic rings. The van der Waals surface area contributed by atoms with E-state index in [9.17, 15) is 9.59 Å². The number of carbonyl (C=O) groups excluding carboxylic acids is 2. The Morgan fingerprint density at radius 2 is 1.90 bits per heavy atom. The Labute approximate surface area is 177 Å². The molecule has 0 bridgehead atoms. The molecule has 0 aromatic heterocycles. The van der Waals surface area contributed by atoms with Gasteiger partial charge < -0.3 is 19.9 Å². The first-order chi connectivity index (χ1) is 14.6. The summed E-state index contributed by atoms with van der Waals surface area (Å²) in [6, 6.07) is 12.7. The highest BCUT2D eigenvalue weighted by Gasteiger charge is 2.37. The highest BCUT2D eigenvalue weighted by Crippen LogP contribution is 2.35. The lowest BCUT2D eigenvalue weighted by atomic mass is 10.0. The fourth-order valence-electron chi connectivity index (χ4n) is 4.44. The highest BCUT2D eigenvalue weighted by atomic mass is 16.5. The highest BCUT2D eigenvalue weighted by molar-refractivity contribution is 6.08. The lowest BCUT2D eigenvalue weighted by molar-refractivity contribution is 0.0656. The van der Waals surface area contributed by atoms with Crippen molar-refractivity contribution in [2.45, 2.75) is 45.7 Å². The largest absolute Gasteiger partial charge is 0.494 e. The van der Waals surface area contributed by atoms with Gasteiger partial charge in [0, 0.05) is 24.3 Å². The van der Waals surface area contributed by atoms with Crippen LogP contribution in [0, 0.1) is 0 Å². The van der Waals surface area contributed by atoms with Crippen LogP contribution in [0.15, 0.2) is 42.5 Å². The smallest absolute Gasteiger partial charge is 0.257 e. The summed E-state index contributed by atoms with van der Waals surface area (Å²) in [5.74, 6) is 0.670. The van der Waals surface area contributed by atoms with Crippen LogP contribution in [-0.4, -0.2) is 42.6 Å². The fraction of sp³-hybridized carbons (Fsp3) is 0.417. The van der Waals surface area contributed by atoms with Gasteiger partial charge in [0.25, 0.3) is 11.8 Å². The van der Waals surface area contributed by atoms with Gasteiger partial charge in [-0.3, -0.25) is 9.59 Å². The quantitative estimate of drug-likeness (QED) is 0.792. The molecule has 0 aliphatic carbocycles. The van der Waals surface area contributed by atoms with E-state index < -0.39 is 0 Å². The molecule has 2 aromatic rings. The molecule has 4 rings (SSSR count). The lowest BCUT2D eigenvalue weighted by Crippen LogP contribution is -2.55. The topological polar surface area (TPSA) is 61.9 Å². The molecule has 0 unspecified atom stereocenters. The van der Waals surface area contributed by atoms with Crippen LogP contribution >= 0.6 is 0 Å². The Bertz CT molecular complexity index is 926. The fourth-order valence-corrected chi connectivity index (χ4v) is 4.44. The SMILES string of the molecule is CCOc1ccc(NC(=O)c2ccc3c(c2)N(CC)[C@@H]2CCCCCN2C3=O)cc1. The van der Waals surface area contributed by atoms with Gasteiger partial charge in [-0.15, -0.1) is 0 Å². The molecule has 2 aliphatic heterocycles. The Morgan fingerprint density at radius 3 is 2.63 bits per heavy atom. The van der Waals surface area contributed by atoms with Crippen molar-refractivity contribution < 1.29 is 14.3 Å². The van der Waals surface area contributed by atoms with Gasteiger partial charge >= 0.3 is 0 Å². The number of rotatable bonds is 5. The maximum atomic E-state index is 13.1. The van der Waals surface area contributed by atoms with Crippen molar-refractivity contribution in [3.8, 4) is 5.75 Å². The van der Waals surface area contributed by atoms with E-state index in [0.717, 1.165) is 50.2 Å². The van der Waals surface area contributed by atoms with Crippen molar-refractivity contribution in [3.05, 3.63) is 53.6 Å². The zero-order valence-electron chi connectivity index (χ0n) is 17.7. The minimum Gasteiger partial charge on any atom is -0.494 e. The van der Waals surface area contributed by atoms with Gasteiger partial charge in [0.2, 0.25) is 0 Å². The van der Waals surface area contributed by atoms with E-state index in [2.05, 4.69) is 17.1 Å². The molecule has 0 spiro atoms. The molecule has 6 nitrogen and oxygen atoms in total. The van der Waals surface area contributed by atoms with Crippen molar-refractivity contribution >= 4 is 23.2 Å². The monoisotopic (exact) mass is 407 g/mol. The standard InChI is InChI=1S/C24H29N3O3/c1-3-26-21-16-17(23(28)25-18-10-12-19(13-11-18)30-4-2)9-14-20(21)24(29)27-15-7-5-6-8-22(26)27/h9-14,16,22H,3-8,15H2,1-2H3,(H,25,28)/t22-/m0/s1. The molecule has 2 heterocycles. The minimum absolute atomic E-state index is 0.0834. The van der Waals surface area contributed by atoms with E-state index >= 15 is 0 Å². The Morgan fingerprint density at radius 1 is 1.10 bits per heavy atom. The second-order valence-electron chi connectivity index (χ2n) is 7.76. The Hall–Kier alpha value is -3.02. The number of nitrogens with one attached hydrogen (secondary N) is 1. The number of benzene rings is 2.